The lowest BCUT2D eigenvalue weighted by atomic mass is 10.1. The number of benzene rings is 1. The second-order valence-electron chi connectivity index (χ2n) is 3.54. The summed E-state index contributed by atoms with van der Waals surface area (Å²) in [5.41, 5.74) is 0.903. The molecule has 5 nitrogen and oxygen atoms in total. The summed E-state index contributed by atoms with van der Waals surface area (Å²) in [4.78, 5) is 9.94. The first-order valence-corrected chi connectivity index (χ1v) is 4.87. The average Bonchev–Trinajstić information content (AvgIpc) is 2.26. The predicted octanol–water partition coefficient (Wildman–Crippen LogP) is 1.94. The molecule has 7 heteroatoms. The number of nitrogens with zero attached hydrogens (tertiary/aromatic N) is 1. The number of nitrogens with one attached hydrogen (secondary N) is 1. The van der Waals surface area contributed by atoms with E-state index in [1.54, 1.807) is 6.92 Å². The molecule has 2 N–H and O–H groups in total. The van der Waals surface area contributed by atoms with Crippen LogP contribution in [0.1, 0.15) is 5.56 Å². The molecular weight excluding hydrogens is 234 g/mol. The quantitative estimate of drug-likeness (QED) is 0.615. The van der Waals surface area contributed by atoms with E-state index < -0.39 is 17.5 Å². The first kappa shape index (κ1) is 13.3. The second-order valence-corrected chi connectivity index (χ2v) is 3.54. The Hall–Kier alpha value is -1.76. The van der Waals surface area contributed by atoms with E-state index in [4.69, 9.17) is 5.11 Å². The van der Waals surface area contributed by atoms with Crippen molar-refractivity contribution in [2.24, 2.45) is 0 Å². The molecule has 0 bridgehead atoms. The summed E-state index contributed by atoms with van der Waals surface area (Å²) in [6.07, 6.45) is -4.64. The molecule has 0 fully saturated rings. The first-order valence-electron chi connectivity index (χ1n) is 4.87. The van der Waals surface area contributed by atoms with Crippen LogP contribution in [0, 0.1) is 17.0 Å². The number of aliphatic hydroxyl groups is 1. The predicted molar refractivity (Wildman–Crippen MR) is 58.3 cm³/mol. The third-order valence-corrected chi connectivity index (χ3v) is 2.22. The third kappa shape index (κ3) is 3.63. The van der Waals surface area contributed by atoms with Gasteiger partial charge in [0, 0.05) is 24.4 Å². The highest BCUT2D eigenvalue weighted by Crippen LogP contribution is 2.21. The Kier molecular flexibility index (Phi) is 4.33. The number of halogens is 2. The Morgan fingerprint density at radius 3 is 2.71 bits per heavy atom. The van der Waals surface area contributed by atoms with Crippen LogP contribution in [0.25, 0.3) is 0 Å². The Labute approximate surface area is 96.2 Å². The van der Waals surface area contributed by atoms with Gasteiger partial charge >= 0.3 is 0 Å². The van der Waals surface area contributed by atoms with Crippen molar-refractivity contribution in [2.75, 3.05) is 11.9 Å². The summed E-state index contributed by atoms with van der Waals surface area (Å²) in [6.45, 7) is 1.32. The summed E-state index contributed by atoms with van der Waals surface area (Å²) in [6, 6.07) is 4.08. The van der Waals surface area contributed by atoms with Gasteiger partial charge < -0.3 is 10.4 Å². The molecule has 0 amide bonds. The smallest absolute Gasteiger partial charge is 0.271 e. The van der Waals surface area contributed by atoms with Crippen molar-refractivity contribution >= 4 is 11.4 Å². The molecule has 1 aromatic rings. The number of aryl methyl sites for hydroxylation is 1. The van der Waals surface area contributed by atoms with Crippen LogP contribution in [0.2, 0.25) is 0 Å². The number of nitro groups is 1. The van der Waals surface area contributed by atoms with Gasteiger partial charge in [-0.05, 0) is 12.5 Å². The van der Waals surface area contributed by atoms with E-state index in [0.29, 0.717) is 11.3 Å². The van der Waals surface area contributed by atoms with Crippen LogP contribution in [-0.2, 0) is 0 Å². The zero-order valence-electron chi connectivity index (χ0n) is 9.06. The molecule has 1 aromatic carbocycles. The Bertz CT molecular complexity index is 413. The third-order valence-electron chi connectivity index (χ3n) is 2.22. The van der Waals surface area contributed by atoms with Gasteiger partial charge in [0.15, 0.2) is 0 Å². The molecule has 0 spiro atoms. The molecule has 94 valence electrons. The van der Waals surface area contributed by atoms with Crippen molar-refractivity contribution in [3.05, 3.63) is 33.9 Å². The normalized spacial score (nSPS) is 12.5. The fourth-order valence-corrected chi connectivity index (χ4v) is 1.22. The van der Waals surface area contributed by atoms with Gasteiger partial charge in [-0.3, -0.25) is 10.1 Å². The van der Waals surface area contributed by atoms with E-state index in [-0.39, 0.29) is 12.2 Å². The largest absolute Gasteiger partial charge is 0.385 e. The summed E-state index contributed by atoms with van der Waals surface area (Å²) in [5, 5.41) is 22.0. The number of anilines is 1. The lowest BCUT2D eigenvalue weighted by Gasteiger charge is -2.13. The van der Waals surface area contributed by atoms with Gasteiger partial charge in [0.25, 0.3) is 12.1 Å². The molecule has 0 aliphatic heterocycles. The minimum Gasteiger partial charge on any atom is -0.385 e. The molecule has 0 aromatic heterocycles. The van der Waals surface area contributed by atoms with Crippen LogP contribution < -0.4 is 5.32 Å². The van der Waals surface area contributed by atoms with Gasteiger partial charge in [-0.1, -0.05) is 6.07 Å². The van der Waals surface area contributed by atoms with E-state index in [9.17, 15) is 18.9 Å². The summed E-state index contributed by atoms with van der Waals surface area (Å²) >= 11 is 0. The Morgan fingerprint density at radius 1 is 1.53 bits per heavy atom. The zero-order valence-corrected chi connectivity index (χ0v) is 9.06. The maximum absolute atomic E-state index is 12.0. The minimum absolute atomic E-state index is 0.135. The SMILES string of the molecule is Cc1ccc([N+](=O)[O-])cc1NCC(O)C(F)F. The lowest BCUT2D eigenvalue weighted by Crippen LogP contribution is -2.27. The number of rotatable bonds is 5. The molecule has 0 heterocycles. The van der Waals surface area contributed by atoms with E-state index >= 15 is 0 Å². The standard InChI is InChI=1S/C10H12F2N2O3/c1-6-2-3-7(14(16)17)4-8(6)13-5-9(15)10(11)12/h2-4,9-10,13,15H,5H2,1H3. The van der Waals surface area contributed by atoms with Gasteiger partial charge in [0.1, 0.15) is 6.10 Å². The molecule has 0 aliphatic rings. The van der Waals surface area contributed by atoms with Crippen molar-refractivity contribution in [2.45, 2.75) is 19.5 Å². The molecule has 1 atom stereocenters. The number of alkyl halides is 2. The molecular formula is C10H12F2N2O3. The molecule has 0 aliphatic carbocycles. The number of nitro benzene ring substituents is 1. The van der Waals surface area contributed by atoms with Crippen LogP contribution in [-0.4, -0.2) is 29.1 Å². The van der Waals surface area contributed by atoms with Gasteiger partial charge in [-0.15, -0.1) is 0 Å². The van der Waals surface area contributed by atoms with E-state index in [2.05, 4.69) is 5.32 Å². The molecule has 17 heavy (non-hydrogen) atoms. The first-order chi connectivity index (χ1) is 7.91. The number of hydrogen-bond donors (Lipinski definition) is 2. The molecule has 0 radical (unpaired) electrons. The highest BCUT2D eigenvalue weighted by atomic mass is 19.3. The summed E-state index contributed by atoms with van der Waals surface area (Å²) < 4.78 is 24.1. The highest BCUT2D eigenvalue weighted by Gasteiger charge is 2.17. The van der Waals surface area contributed by atoms with Crippen LogP contribution in [0.5, 0.6) is 0 Å². The molecule has 0 saturated heterocycles. The summed E-state index contributed by atoms with van der Waals surface area (Å²) in [7, 11) is 0. The topological polar surface area (TPSA) is 75.4 Å². The van der Waals surface area contributed by atoms with Crippen LogP contribution >= 0.6 is 0 Å². The molecule has 1 unspecified atom stereocenters. The second kappa shape index (κ2) is 5.53. The maximum atomic E-state index is 12.0. The fraction of sp³-hybridized carbons (Fsp3) is 0.400. The van der Waals surface area contributed by atoms with Crippen molar-refractivity contribution < 1.29 is 18.8 Å². The van der Waals surface area contributed by atoms with Gasteiger partial charge in [0.2, 0.25) is 0 Å². The van der Waals surface area contributed by atoms with Crippen molar-refractivity contribution in [1.29, 1.82) is 0 Å². The van der Waals surface area contributed by atoms with Crippen LogP contribution in [0.4, 0.5) is 20.2 Å². The zero-order chi connectivity index (χ0) is 13.0. The van der Waals surface area contributed by atoms with Gasteiger partial charge in [-0.25, -0.2) is 8.78 Å². The van der Waals surface area contributed by atoms with Gasteiger partial charge in [-0.2, -0.15) is 0 Å². The van der Waals surface area contributed by atoms with Crippen LogP contribution in [0.15, 0.2) is 18.2 Å². The monoisotopic (exact) mass is 246 g/mol. The van der Waals surface area contributed by atoms with Gasteiger partial charge in [0.05, 0.1) is 4.92 Å². The van der Waals surface area contributed by atoms with E-state index in [1.807, 2.05) is 0 Å². The van der Waals surface area contributed by atoms with Crippen molar-refractivity contribution in [3.63, 3.8) is 0 Å². The minimum atomic E-state index is -2.85. The maximum Gasteiger partial charge on any atom is 0.271 e. The Morgan fingerprint density at radius 2 is 2.18 bits per heavy atom. The highest BCUT2D eigenvalue weighted by molar-refractivity contribution is 5.56. The summed E-state index contributed by atoms with van der Waals surface area (Å²) in [5.74, 6) is 0. The number of hydrogen-bond acceptors (Lipinski definition) is 4. The fourth-order valence-electron chi connectivity index (χ4n) is 1.22. The molecule has 1 rings (SSSR count). The van der Waals surface area contributed by atoms with Crippen molar-refractivity contribution in [1.82, 2.24) is 0 Å². The van der Waals surface area contributed by atoms with Crippen LogP contribution in [0.3, 0.4) is 0 Å². The Balaban J connectivity index is 2.76. The van der Waals surface area contributed by atoms with Crippen molar-refractivity contribution in [3.8, 4) is 0 Å². The van der Waals surface area contributed by atoms with E-state index in [0.717, 1.165) is 0 Å². The van der Waals surface area contributed by atoms with E-state index in [1.165, 1.54) is 18.2 Å². The lowest BCUT2D eigenvalue weighted by molar-refractivity contribution is -0.384. The number of non-ortho nitro benzene ring substituents is 1. The number of aliphatic hydroxyl groups excluding tert-OH is 1. The average molecular weight is 246 g/mol. The molecule has 0 saturated carbocycles.